The largest absolute Gasteiger partial charge is 0.358 e. The fourth-order valence-electron chi connectivity index (χ4n) is 1.89. The zero-order chi connectivity index (χ0) is 18.4. The van der Waals surface area contributed by atoms with E-state index in [1.54, 1.807) is 18.2 Å². The van der Waals surface area contributed by atoms with Gasteiger partial charge in [-0.15, -0.1) is 0 Å². The molecule has 0 radical (unpaired) electrons. The van der Waals surface area contributed by atoms with E-state index < -0.39 is 17.5 Å². The maximum absolute atomic E-state index is 13.5. The second-order valence-corrected chi connectivity index (χ2v) is 5.03. The topological polar surface area (TPSA) is 82.0 Å². The fraction of sp³-hybridized carbons (Fsp3) is 0.0556. The van der Waals surface area contributed by atoms with Crippen LogP contribution in [0, 0.1) is 23.0 Å². The Morgan fingerprint density at radius 2 is 1.80 bits per heavy atom. The summed E-state index contributed by atoms with van der Waals surface area (Å²) in [5, 5.41) is 14.0. The molecule has 0 heterocycles. The quantitative estimate of drug-likeness (QED) is 0.494. The van der Waals surface area contributed by atoms with Crippen molar-refractivity contribution in [2.24, 2.45) is 0 Å². The molecule has 0 unspecified atom stereocenters. The molecule has 2 N–H and O–H groups in total. The Morgan fingerprint density at radius 1 is 1.12 bits per heavy atom. The average Bonchev–Trinajstić information content (AvgIpc) is 2.57. The van der Waals surface area contributed by atoms with Crippen LogP contribution in [0.15, 0.2) is 54.2 Å². The average molecular weight is 341 g/mol. The van der Waals surface area contributed by atoms with Gasteiger partial charge in [-0.25, -0.2) is 8.78 Å². The normalized spacial score (nSPS) is 10.7. The van der Waals surface area contributed by atoms with Crippen LogP contribution in [0.2, 0.25) is 0 Å². The van der Waals surface area contributed by atoms with E-state index >= 15 is 0 Å². The molecule has 0 atom stereocenters. The molecule has 2 rings (SSSR count). The SMILES string of the molecule is CC(=O)c1ccc(NC(=O)/C(C#N)=C\Nc2ccc(F)cc2F)cc1. The zero-order valence-electron chi connectivity index (χ0n) is 13.1. The van der Waals surface area contributed by atoms with E-state index in [-0.39, 0.29) is 17.0 Å². The lowest BCUT2D eigenvalue weighted by atomic mass is 10.1. The van der Waals surface area contributed by atoms with Gasteiger partial charge < -0.3 is 10.6 Å². The number of halogens is 2. The highest BCUT2D eigenvalue weighted by atomic mass is 19.1. The molecule has 0 aliphatic carbocycles. The molecule has 0 saturated carbocycles. The fourth-order valence-corrected chi connectivity index (χ4v) is 1.89. The molecular weight excluding hydrogens is 328 g/mol. The summed E-state index contributed by atoms with van der Waals surface area (Å²) in [6, 6.07) is 10.7. The van der Waals surface area contributed by atoms with Crippen LogP contribution in [0.25, 0.3) is 0 Å². The number of carbonyl (C=O) groups excluding carboxylic acids is 2. The highest BCUT2D eigenvalue weighted by Gasteiger charge is 2.10. The van der Waals surface area contributed by atoms with Crippen LogP contribution in [0.4, 0.5) is 20.2 Å². The molecule has 0 bridgehead atoms. The number of amides is 1. The highest BCUT2D eigenvalue weighted by Crippen LogP contribution is 2.16. The molecule has 5 nitrogen and oxygen atoms in total. The number of nitriles is 1. The molecule has 25 heavy (non-hydrogen) atoms. The minimum absolute atomic E-state index is 0.0761. The number of hydrogen-bond donors (Lipinski definition) is 2. The molecular formula is C18H13F2N3O2. The summed E-state index contributed by atoms with van der Waals surface area (Å²) in [6.45, 7) is 1.42. The van der Waals surface area contributed by atoms with Gasteiger partial charge in [0.2, 0.25) is 0 Å². The molecule has 1 amide bonds. The zero-order valence-corrected chi connectivity index (χ0v) is 13.1. The van der Waals surface area contributed by atoms with Gasteiger partial charge in [-0.2, -0.15) is 5.26 Å². The molecule has 0 aliphatic heterocycles. The first-order chi connectivity index (χ1) is 11.9. The van der Waals surface area contributed by atoms with Gasteiger partial charge in [0.05, 0.1) is 5.69 Å². The summed E-state index contributed by atoms with van der Waals surface area (Å²) in [7, 11) is 0. The monoisotopic (exact) mass is 341 g/mol. The first-order valence-corrected chi connectivity index (χ1v) is 7.15. The summed E-state index contributed by atoms with van der Waals surface area (Å²) in [4.78, 5) is 23.3. The van der Waals surface area contributed by atoms with Crippen molar-refractivity contribution in [1.29, 1.82) is 5.26 Å². The van der Waals surface area contributed by atoms with E-state index in [9.17, 15) is 18.4 Å². The lowest BCUT2D eigenvalue weighted by Crippen LogP contribution is -2.14. The second-order valence-electron chi connectivity index (χ2n) is 5.03. The van der Waals surface area contributed by atoms with Crippen LogP contribution in [0.1, 0.15) is 17.3 Å². The summed E-state index contributed by atoms with van der Waals surface area (Å²) in [5.41, 5.74) is 0.499. The van der Waals surface area contributed by atoms with Gasteiger partial charge in [0.25, 0.3) is 5.91 Å². The predicted molar refractivity (Wildman–Crippen MR) is 88.8 cm³/mol. The number of anilines is 2. The van der Waals surface area contributed by atoms with E-state index in [0.717, 1.165) is 18.3 Å². The maximum atomic E-state index is 13.5. The van der Waals surface area contributed by atoms with Crippen molar-refractivity contribution >= 4 is 23.1 Å². The molecule has 7 heteroatoms. The maximum Gasteiger partial charge on any atom is 0.267 e. The van der Waals surface area contributed by atoms with Crippen LogP contribution in [-0.4, -0.2) is 11.7 Å². The third kappa shape index (κ3) is 4.72. The van der Waals surface area contributed by atoms with Crippen LogP contribution < -0.4 is 10.6 Å². The van der Waals surface area contributed by atoms with Crippen molar-refractivity contribution < 1.29 is 18.4 Å². The van der Waals surface area contributed by atoms with E-state index in [2.05, 4.69) is 10.6 Å². The van der Waals surface area contributed by atoms with Crippen molar-refractivity contribution in [2.75, 3.05) is 10.6 Å². The van der Waals surface area contributed by atoms with Crippen LogP contribution in [-0.2, 0) is 4.79 Å². The van der Waals surface area contributed by atoms with E-state index in [1.807, 2.05) is 0 Å². The predicted octanol–water partition coefficient (Wildman–Crippen LogP) is 3.63. The number of Topliss-reactive ketones (excluding diaryl/α,β-unsaturated/α-hetero) is 1. The molecule has 0 spiro atoms. The smallest absolute Gasteiger partial charge is 0.267 e. The number of carbonyl (C=O) groups is 2. The molecule has 126 valence electrons. The number of ketones is 1. The number of hydrogen-bond acceptors (Lipinski definition) is 4. The summed E-state index contributed by atoms with van der Waals surface area (Å²) in [6.07, 6.45) is 1.02. The Labute approximate surface area is 142 Å². The van der Waals surface area contributed by atoms with Gasteiger partial charge >= 0.3 is 0 Å². The molecule has 2 aromatic carbocycles. The molecule has 2 aromatic rings. The third-order valence-electron chi connectivity index (χ3n) is 3.22. The lowest BCUT2D eigenvalue weighted by molar-refractivity contribution is -0.112. The number of benzene rings is 2. The lowest BCUT2D eigenvalue weighted by Gasteiger charge is -2.06. The molecule has 0 aliphatic rings. The highest BCUT2D eigenvalue weighted by molar-refractivity contribution is 6.07. The summed E-state index contributed by atoms with van der Waals surface area (Å²) >= 11 is 0. The van der Waals surface area contributed by atoms with Crippen molar-refractivity contribution in [3.63, 3.8) is 0 Å². The van der Waals surface area contributed by atoms with Crippen LogP contribution in [0.3, 0.4) is 0 Å². The van der Waals surface area contributed by atoms with Crippen molar-refractivity contribution in [1.82, 2.24) is 0 Å². The Morgan fingerprint density at radius 3 is 2.36 bits per heavy atom. The van der Waals surface area contributed by atoms with Gasteiger partial charge in [0.1, 0.15) is 23.3 Å². The third-order valence-corrected chi connectivity index (χ3v) is 3.22. The Kier molecular flexibility index (Phi) is 5.58. The molecule has 0 saturated heterocycles. The van der Waals surface area contributed by atoms with E-state index in [1.165, 1.54) is 19.1 Å². The molecule has 0 aromatic heterocycles. The van der Waals surface area contributed by atoms with E-state index in [4.69, 9.17) is 5.26 Å². The van der Waals surface area contributed by atoms with Crippen molar-refractivity contribution in [3.05, 3.63) is 71.4 Å². The first kappa shape index (κ1) is 17.8. The van der Waals surface area contributed by atoms with Gasteiger partial charge in [-0.3, -0.25) is 9.59 Å². The van der Waals surface area contributed by atoms with Gasteiger partial charge in [-0.1, -0.05) is 0 Å². The molecule has 0 fully saturated rings. The minimum atomic E-state index is -0.853. The Hall–Kier alpha value is -3.53. The second kappa shape index (κ2) is 7.84. The standard InChI is InChI=1S/C18H13F2N3O2/c1-11(24)12-2-5-15(6-3-12)23-18(25)13(9-21)10-22-17-7-4-14(19)8-16(17)20/h2-8,10,22H,1H3,(H,23,25)/b13-10-. The van der Waals surface area contributed by atoms with Gasteiger partial charge in [0.15, 0.2) is 5.78 Å². The Balaban J connectivity index is 2.09. The first-order valence-electron chi connectivity index (χ1n) is 7.15. The Bertz CT molecular complexity index is 884. The van der Waals surface area contributed by atoms with Crippen molar-refractivity contribution in [2.45, 2.75) is 6.92 Å². The van der Waals surface area contributed by atoms with Gasteiger partial charge in [-0.05, 0) is 43.3 Å². The minimum Gasteiger partial charge on any atom is -0.358 e. The summed E-state index contributed by atoms with van der Waals surface area (Å²) in [5.74, 6) is -2.41. The number of nitrogens with one attached hydrogen (secondary N) is 2. The van der Waals surface area contributed by atoms with E-state index in [0.29, 0.717) is 17.3 Å². The van der Waals surface area contributed by atoms with Crippen LogP contribution >= 0.6 is 0 Å². The van der Waals surface area contributed by atoms with Gasteiger partial charge in [0, 0.05) is 23.5 Å². The number of nitrogens with zero attached hydrogens (tertiary/aromatic N) is 1. The van der Waals surface area contributed by atoms with Crippen LogP contribution in [0.5, 0.6) is 0 Å². The van der Waals surface area contributed by atoms with Crippen molar-refractivity contribution in [3.8, 4) is 6.07 Å². The number of rotatable bonds is 5. The summed E-state index contributed by atoms with van der Waals surface area (Å²) < 4.78 is 26.4.